The predicted molar refractivity (Wildman–Crippen MR) is 77.5 cm³/mol. The van der Waals surface area contributed by atoms with Gasteiger partial charge in [0, 0.05) is 0 Å². The van der Waals surface area contributed by atoms with Gasteiger partial charge in [-0.05, 0) is 31.1 Å². The maximum Gasteiger partial charge on any atom is 0.186 e. The number of aromatic nitrogens is 2. The molecule has 0 aliphatic carbocycles. The molecule has 2 heterocycles. The van der Waals surface area contributed by atoms with E-state index in [2.05, 4.69) is 30.8 Å². The van der Waals surface area contributed by atoms with Gasteiger partial charge in [-0.1, -0.05) is 0 Å². The highest BCUT2D eigenvalue weighted by atomic mass is 32.1. The van der Waals surface area contributed by atoms with Crippen molar-refractivity contribution in [2.24, 2.45) is 0 Å². The molecule has 0 aromatic carbocycles. The molecule has 7 heteroatoms. The summed E-state index contributed by atoms with van der Waals surface area (Å²) in [6.07, 6.45) is -0.623. The van der Waals surface area contributed by atoms with E-state index in [4.69, 9.17) is 9.53 Å². The van der Waals surface area contributed by atoms with Crippen molar-refractivity contribution >= 4 is 29.9 Å². The molecule has 1 N–H and O–H groups in total. The molecule has 1 unspecified atom stereocenters. The zero-order valence-corrected chi connectivity index (χ0v) is 13.1. The Morgan fingerprint density at radius 3 is 2.89 bits per heavy atom. The van der Waals surface area contributed by atoms with Gasteiger partial charge in [-0.15, -0.1) is 11.3 Å². The number of hydrogen-bond donors (Lipinski definition) is 1. The number of nitriles is 1. The molecule has 0 saturated heterocycles. The van der Waals surface area contributed by atoms with Crippen LogP contribution < -0.4 is 0 Å². The monoisotopic (exact) mass is 295 g/mol. The van der Waals surface area contributed by atoms with Crippen LogP contribution in [0.15, 0.2) is 11.4 Å². The van der Waals surface area contributed by atoms with Crippen molar-refractivity contribution in [2.75, 3.05) is 6.61 Å². The Hall–Kier alpha value is -1.20. The Morgan fingerprint density at radius 2 is 2.32 bits per heavy atom. The summed E-state index contributed by atoms with van der Waals surface area (Å²) in [4.78, 5) is 0. The molecule has 102 valence electrons. The lowest BCUT2D eigenvalue weighted by molar-refractivity contribution is 0.229. The summed E-state index contributed by atoms with van der Waals surface area (Å²) < 4.78 is 8.60. The molecule has 19 heavy (non-hydrogen) atoms. The quantitative estimate of drug-likeness (QED) is 0.860. The Bertz CT molecular complexity index is 609. The summed E-state index contributed by atoms with van der Waals surface area (Å²) >= 11 is 1.55. The van der Waals surface area contributed by atoms with Gasteiger partial charge in [-0.2, -0.15) is 10.4 Å². The zero-order valence-electron chi connectivity index (χ0n) is 11.3. The number of rotatable bonds is 5. The first-order valence-electron chi connectivity index (χ1n) is 6.08. The number of aliphatic hydroxyl groups is 1. The lowest BCUT2D eigenvalue weighted by Crippen LogP contribution is -2.28. The SMILES string of the molecule is C[Si](C)(C)OC(C#N)c1c2sccc2nn1CCO. The molecule has 0 aliphatic heterocycles. The average Bonchev–Trinajstić information content (AvgIpc) is 2.85. The first-order chi connectivity index (χ1) is 8.96. The van der Waals surface area contributed by atoms with Crippen molar-refractivity contribution in [3.63, 3.8) is 0 Å². The van der Waals surface area contributed by atoms with Crippen LogP contribution in [0.4, 0.5) is 0 Å². The lowest BCUT2D eigenvalue weighted by atomic mass is 10.2. The molecular weight excluding hydrogens is 278 g/mol. The van der Waals surface area contributed by atoms with Gasteiger partial charge in [-0.3, -0.25) is 4.68 Å². The zero-order chi connectivity index (χ0) is 14.0. The van der Waals surface area contributed by atoms with Crippen molar-refractivity contribution in [1.29, 1.82) is 5.26 Å². The number of nitrogens with zero attached hydrogens (tertiary/aromatic N) is 3. The molecule has 0 saturated carbocycles. The van der Waals surface area contributed by atoms with Crippen molar-refractivity contribution in [1.82, 2.24) is 9.78 Å². The van der Waals surface area contributed by atoms with E-state index in [1.807, 2.05) is 11.4 Å². The highest BCUT2D eigenvalue weighted by Gasteiger charge is 2.27. The van der Waals surface area contributed by atoms with Crippen LogP contribution in [0.5, 0.6) is 0 Å². The molecule has 1 atom stereocenters. The van der Waals surface area contributed by atoms with Crippen LogP contribution in [0.3, 0.4) is 0 Å². The minimum absolute atomic E-state index is 0.00691. The van der Waals surface area contributed by atoms with E-state index >= 15 is 0 Å². The Balaban J connectivity index is 2.48. The Morgan fingerprint density at radius 1 is 1.58 bits per heavy atom. The molecule has 0 spiro atoms. The topological polar surface area (TPSA) is 71.1 Å². The average molecular weight is 295 g/mol. The lowest BCUT2D eigenvalue weighted by Gasteiger charge is -2.22. The number of fused-ring (bicyclic) bond motifs is 1. The van der Waals surface area contributed by atoms with Crippen molar-refractivity contribution in [3.05, 3.63) is 17.1 Å². The summed E-state index contributed by atoms with van der Waals surface area (Å²) in [5, 5.41) is 24.9. The van der Waals surface area contributed by atoms with Gasteiger partial charge in [0.15, 0.2) is 14.4 Å². The molecule has 0 aliphatic rings. The Labute approximate surface area is 117 Å². The van der Waals surface area contributed by atoms with E-state index in [-0.39, 0.29) is 6.61 Å². The number of hydrogen-bond acceptors (Lipinski definition) is 5. The van der Waals surface area contributed by atoms with E-state index in [0.29, 0.717) is 6.54 Å². The first kappa shape index (κ1) is 14.2. The second-order valence-electron chi connectivity index (χ2n) is 5.21. The summed E-state index contributed by atoms with van der Waals surface area (Å²) in [7, 11) is -1.83. The molecule has 0 bridgehead atoms. The summed E-state index contributed by atoms with van der Waals surface area (Å²) in [6.45, 7) is 6.53. The molecule has 2 aromatic heterocycles. The van der Waals surface area contributed by atoms with Crippen LogP contribution in [-0.2, 0) is 11.0 Å². The van der Waals surface area contributed by atoms with E-state index in [9.17, 15) is 5.26 Å². The van der Waals surface area contributed by atoms with Gasteiger partial charge in [0.2, 0.25) is 0 Å². The van der Waals surface area contributed by atoms with Crippen LogP contribution in [0.1, 0.15) is 11.8 Å². The molecular formula is C12H17N3O2SSi. The summed E-state index contributed by atoms with van der Waals surface area (Å²) in [5.41, 5.74) is 1.62. The van der Waals surface area contributed by atoms with Gasteiger partial charge in [0.25, 0.3) is 0 Å². The summed E-state index contributed by atoms with van der Waals surface area (Å²) in [6, 6.07) is 4.14. The fourth-order valence-electron chi connectivity index (χ4n) is 1.89. The third kappa shape index (κ3) is 3.04. The van der Waals surface area contributed by atoms with E-state index < -0.39 is 14.4 Å². The van der Waals surface area contributed by atoms with Crippen LogP contribution in [0.2, 0.25) is 19.6 Å². The second-order valence-corrected chi connectivity index (χ2v) is 10.6. The van der Waals surface area contributed by atoms with Crippen molar-refractivity contribution in [2.45, 2.75) is 32.3 Å². The van der Waals surface area contributed by atoms with Gasteiger partial charge >= 0.3 is 0 Å². The third-order valence-corrected chi connectivity index (χ3v) is 4.40. The highest BCUT2D eigenvalue weighted by molar-refractivity contribution is 7.17. The van der Waals surface area contributed by atoms with Crippen LogP contribution >= 0.6 is 11.3 Å². The van der Waals surface area contributed by atoms with Crippen molar-refractivity contribution < 1.29 is 9.53 Å². The van der Waals surface area contributed by atoms with Crippen molar-refractivity contribution in [3.8, 4) is 6.07 Å². The highest BCUT2D eigenvalue weighted by Crippen LogP contribution is 2.32. The normalized spacial score (nSPS) is 13.6. The van der Waals surface area contributed by atoms with Crippen LogP contribution in [0.25, 0.3) is 10.2 Å². The fourth-order valence-corrected chi connectivity index (χ4v) is 3.66. The van der Waals surface area contributed by atoms with Gasteiger partial charge in [-0.25, -0.2) is 0 Å². The molecule has 0 radical (unpaired) electrons. The largest absolute Gasteiger partial charge is 0.398 e. The van der Waals surface area contributed by atoms with E-state index in [0.717, 1.165) is 15.9 Å². The molecule has 2 aromatic rings. The van der Waals surface area contributed by atoms with Crippen LogP contribution in [0, 0.1) is 11.3 Å². The minimum Gasteiger partial charge on any atom is -0.398 e. The number of aliphatic hydroxyl groups excluding tert-OH is 1. The van der Waals surface area contributed by atoms with E-state index in [1.54, 1.807) is 16.0 Å². The molecule has 5 nitrogen and oxygen atoms in total. The standard InChI is InChI=1S/C12H17N3O2SSi/c1-19(2,3)17-10(8-13)11-12-9(4-7-18-12)14-15(11)5-6-16/h4,7,10,16H,5-6H2,1-3H3. The minimum atomic E-state index is -1.83. The smallest absolute Gasteiger partial charge is 0.186 e. The maximum atomic E-state index is 9.40. The van der Waals surface area contributed by atoms with Crippen LogP contribution in [-0.4, -0.2) is 29.8 Å². The third-order valence-electron chi connectivity index (χ3n) is 2.53. The first-order valence-corrected chi connectivity index (χ1v) is 10.4. The van der Waals surface area contributed by atoms with Gasteiger partial charge < -0.3 is 9.53 Å². The van der Waals surface area contributed by atoms with Gasteiger partial charge in [0.05, 0.1) is 29.6 Å². The van der Waals surface area contributed by atoms with E-state index in [1.165, 1.54) is 0 Å². The predicted octanol–water partition coefficient (Wildman–Crippen LogP) is 2.51. The second kappa shape index (κ2) is 5.42. The Kier molecular flexibility index (Phi) is 4.06. The molecule has 2 rings (SSSR count). The number of thiophene rings is 1. The molecule has 0 fully saturated rings. The van der Waals surface area contributed by atoms with Gasteiger partial charge in [0.1, 0.15) is 5.52 Å². The maximum absolute atomic E-state index is 9.40. The molecule has 0 amide bonds. The fraction of sp³-hybridized carbons (Fsp3) is 0.500. The summed E-state index contributed by atoms with van der Waals surface area (Å²) in [5.74, 6) is 0.